The van der Waals surface area contributed by atoms with E-state index >= 15 is 0 Å². The first-order valence-electron chi connectivity index (χ1n) is 8.10. The van der Waals surface area contributed by atoms with Crippen molar-refractivity contribution in [3.05, 3.63) is 59.9 Å². The number of nitrogens with one attached hydrogen (secondary N) is 1. The van der Waals surface area contributed by atoms with Gasteiger partial charge in [-0.15, -0.1) is 0 Å². The number of hydrogen-bond acceptors (Lipinski definition) is 3. The Morgan fingerprint density at radius 2 is 2.00 bits per heavy atom. The van der Waals surface area contributed by atoms with Crippen molar-refractivity contribution >= 4 is 17.5 Å². The Balaban J connectivity index is 1.63. The highest BCUT2D eigenvalue weighted by Gasteiger charge is 2.28. The van der Waals surface area contributed by atoms with Gasteiger partial charge in [0.15, 0.2) is 0 Å². The first-order valence-corrected chi connectivity index (χ1v) is 8.10. The van der Waals surface area contributed by atoms with Crippen LogP contribution in [0.15, 0.2) is 48.5 Å². The van der Waals surface area contributed by atoms with E-state index in [0.29, 0.717) is 18.0 Å². The van der Waals surface area contributed by atoms with Crippen molar-refractivity contribution in [3.8, 4) is 5.75 Å². The van der Waals surface area contributed by atoms with Crippen LogP contribution in [0.5, 0.6) is 5.75 Å². The van der Waals surface area contributed by atoms with Crippen molar-refractivity contribution < 1.29 is 18.7 Å². The topological polar surface area (TPSA) is 58.6 Å². The molecule has 0 radical (unpaired) electrons. The van der Waals surface area contributed by atoms with E-state index in [9.17, 15) is 14.0 Å². The van der Waals surface area contributed by atoms with Crippen molar-refractivity contribution in [2.24, 2.45) is 0 Å². The maximum absolute atomic E-state index is 13.4. The molecule has 2 amide bonds. The molecule has 2 aromatic carbocycles. The van der Waals surface area contributed by atoms with Crippen LogP contribution in [-0.4, -0.2) is 31.0 Å². The summed E-state index contributed by atoms with van der Waals surface area (Å²) >= 11 is 0. The SMILES string of the molecule is C[C@@H]1CN(C(=O)CNC(=O)Cc2ccccc2)c2ccc(F)cc2O1. The number of carbonyl (C=O) groups is 2. The molecule has 3 rings (SSSR count). The van der Waals surface area contributed by atoms with E-state index in [1.165, 1.54) is 23.1 Å². The van der Waals surface area contributed by atoms with Crippen LogP contribution >= 0.6 is 0 Å². The summed E-state index contributed by atoms with van der Waals surface area (Å²) in [6.07, 6.45) is -0.0339. The van der Waals surface area contributed by atoms with Gasteiger partial charge in [0, 0.05) is 6.07 Å². The van der Waals surface area contributed by atoms with Crippen molar-refractivity contribution in [3.63, 3.8) is 0 Å². The van der Waals surface area contributed by atoms with Crippen LogP contribution in [-0.2, 0) is 16.0 Å². The molecule has 1 N–H and O–H groups in total. The van der Waals surface area contributed by atoms with Crippen LogP contribution in [0, 0.1) is 5.82 Å². The van der Waals surface area contributed by atoms with E-state index in [0.717, 1.165) is 5.56 Å². The quantitative estimate of drug-likeness (QED) is 0.927. The summed E-state index contributed by atoms with van der Waals surface area (Å²) in [5, 5.41) is 2.64. The number of hydrogen-bond donors (Lipinski definition) is 1. The largest absolute Gasteiger partial charge is 0.487 e. The lowest BCUT2D eigenvalue weighted by atomic mass is 10.1. The predicted octanol–water partition coefficient (Wildman–Crippen LogP) is 2.30. The second-order valence-corrected chi connectivity index (χ2v) is 5.98. The molecule has 0 saturated heterocycles. The maximum atomic E-state index is 13.4. The number of rotatable bonds is 4. The lowest BCUT2D eigenvalue weighted by Gasteiger charge is -2.33. The lowest BCUT2D eigenvalue weighted by Crippen LogP contribution is -2.46. The van der Waals surface area contributed by atoms with Gasteiger partial charge in [0.1, 0.15) is 17.7 Å². The zero-order valence-electron chi connectivity index (χ0n) is 13.9. The third kappa shape index (κ3) is 4.15. The third-order valence-electron chi connectivity index (χ3n) is 3.93. The fourth-order valence-electron chi connectivity index (χ4n) is 2.76. The second-order valence-electron chi connectivity index (χ2n) is 5.98. The number of anilines is 1. The minimum absolute atomic E-state index is 0.116. The zero-order chi connectivity index (χ0) is 17.8. The van der Waals surface area contributed by atoms with Gasteiger partial charge < -0.3 is 15.0 Å². The van der Waals surface area contributed by atoms with E-state index in [2.05, 4.69) is 5.32 Å². The number of benzene rings is 2. The summed E-state index contributed by atoms with van der Waals surface area (Å²) in [5.41, 5.74) is 1.40. The van der Waals surface area contributed by atoms with Gasteiger partial charge in [-0.1, -0.05) is 30.3 Å². The molecule has 1 atom stereocenters. The first-order chi connectivity index (χ1) is 12.0. The van der Waals surface area contributed by atoms with E-state index in [1.54, 1.807) is 0 Å². The van der Waals surface area contributed by atoms with E-state index < -0.39 is 5.82 Å². The molecule has 0 unspecified atom stereocenters. The molecule has 1 aliphatic heterocycles. The van der Waals surface area contributed by atoms with E-state index in [4.69, 9.17) is 4.74 Å². The number of amides is 2. The molecule has 1 heterocycles. The van der Waals surface area contributed by atoms with Gasteiger partial charge in [-0.05, 0) is 24.6 Å². The minimum Gasteiger partial charge on any atom is -0.487 e. The molecular weight excluding hydrogens is 323 g/mol. The average molecular weight is 342 g/mol. The van der Waals surface area contributed by atoms with Gasteiger partial charge in [0.2, 0.25) is 11.8 Å². The highest BCUT2D eigenvalue weighted by Crippen LogP contribution is 2.33. The summed E-state index contributed by atoms with van der Waals surface area (Å²) in [6.45, 7) is 2.04. The molecule has 25 heavy (non-hydrogen) atoms. The Morgan fingerprint density at radius 1 is 1.24 bits per heavy atom. The van der Waals surface area contributed by atoms with Gasteiger partial charge in [0.25, 0.3) is 0 Å². The van der Waals surface area contributed by atoms with Crippen LogP contribution in [0.2, 0.25) is 0 Å². The van der Waals surface area contributed by atoms with Crippen molar-refractivity contribution in [1.82, 2.24) is 5.32 Å². The number of nitrogens with zero attached hydrogens (tertiary/aromatic N) is 1. The van der Waals surface area contributed by atoms with Crippen molar-refractivity contribution in [2.45, 2.75) is 19.4 Å². The molecule has 0 saturated carbocycles. The molecule has 6 heteroatoms. The Kier molecular flexibility index (Phi) is 4.97. The zero-order valence-corrected chi connectivity index (χ0v) is 13.9. The summed E-state index contributed by atoms with van der Waals surface area (Å²) in [5.74, 6) is -0.566. The Bertz CT molecular complexity index is 779. The molecule has 2 aromatic rings. The minimum atomic E-state index is -0.420. The highest BCUT2D eigenvalue weighted by molar-refractivity contribution is 5.98. The van der Waals surface area contributed by atoms with Gasteiger partial charge in [-0.25, -0.2) is 4.39 Å². The standard InChI is InChI=1S/C19H19FN2O3/c1-13-12-22(16-8-7-15(20)10-17(16)25-13)19(24)11-21-18(23)9-14-5-3-2-4-6-14/h2-8,10,13H,9,11-12H2,1H3,(H,21,23)/t13-/m1/s1. The Morgan fingerprint density at radius 3 is 2.76 bits per heavy atom. The summed E-state index contributed by atoms with van der Waals surface area (Å²) in [7, 11) is 0. The average Bonchev–Trinajstić information content (AvgIpc) is 2.59. The molecule has 5 nitrogen and oxygen atoms in total. The summed E-state index contributed by atoms with van der Waals surface area (Å²) in [6, 6.07) is 13.4. The monoisotopic (exact) mass is 342 g/mol. The normalized spacial score (nSPS) is 15.9. The fourth-order valence-corrected chi connectivity index (χ4v) is 2.76. The first kappa shape index (κ1) is 17.0. The summed E-state index contributed by atoms with van der Waals surface area (Å²) < 4.78 is 18.9. The van der Waals surface area contributed by atoms with Gasteiger partial charge in [-0.2, -0.15) is 0 Å². The Labute approximate surface area is 145 Å². The van der Waals surface area contributed by atoms with E-state index in [1.807, 2.05) is 37.3 Å². The van der Waals surface area contributed by atoms with Crippen LogP contribution in [0.4, 0.5) is 10.1 Å². The number of fused-ring (bicyclic) bond motifs is 1. The number of ether oxygens (including phenoxy) is 1. The molecule has 0 fully saturated rings. The highest BCUT2D eigenvalue weighted by atomic mass is 19.1. The van der Waals surface area contributed by atoms with E-state index in [-0.39, 0.29) is 30.9 Å². The van der Waals surface area contributed by atoms with Gasteiger partial charge >= 0.3 is 0 Å². The van der Waals surface area contributed by atoms with Crippen molar-refractivity contribution in [2.75, 3.05) is 18.0 Å². The maximum Gasteiger partial charge on any atom is 0.246 e. The molecule has 0 bridgehead atoms. The lowest BCUT2D eigenvalue weighted by molar-refractivity contribution is -0.124. The molecule has 0 aliphatic carbocycles. The van der Waals surface area contributed by atoms with Crippen LogP contribution < -0.4 is 15.0 Å². The second kappa shape index (κ2) is 7.34. The van der Waals surface area contributed by atoms with Gasteiger partial charge in [0.05, 0.1) is 25.2 Å². The molecular formula is C19H19FN2O3. The van der Waals surface area contributed by atoms with Crippen molar-refractivity contribution in [1.29, 1.82) is 0 Å². The third-order valence-corrected chi connectivity index (χ3v) is 3.93. The molecule has 1 aliphatic rings. The number of halogens is 1. The smallest absolute Gasteiger partial charge is 0.246 e. The molecule has 0 aromatic heterocycles. The van der Waals surface area contributed by atoms with Gasteiger partial charge in [-0.3, -0.25) is 9.59 Å². The fraction of sp³-hybridized carbons (Fsp3) is 0.263. The number of carbonyl (C=O) groups excluding carboxylic acids is 2. The summed E-state index contributed by atoms with van der Waals surface area (Å²) in [4.78, 5) is 26.0. The molecule has 0 spiro atoms. The molecule has 130 valence electrons. The van der Waals surface area contributed by atoms with Crippen LogP contribution in [0.25, 0.3) is 0 Å². The van der Waals surface area contributed by atoms with Crippen LogP contribution in [0.1, 0.15) is 12.5 Å². The predicted molar refractivity (Wildman–Crippen MR) is 92.0 cm³/mol. The van der Waals surface area contributed by atoms with Crippen LogP contribution in [0.3, 0.4) is 0 Å². The Hall–Kier alpha value is -2.89.